The summed E-state index contributed by atoms with van der Waals surface area (Å²) in [5.41, 5.74) is 6.61. The van der Waals surface area contributed by atoms with Gasteiger partial charge in [0.25, 0.3) is 0 Å². The van der Waals surface area contributed by atoms with Crippen LogP contribution < -0.4 is 4.74 Å². The lowest BCUT2D eigenvalue weighted by Crippen LogP contribution is -2.19. The van der Waals surface area contributed by atoms with Crippen molar-refractivity contribution in [2.75, 3.05) is 32.6 Å². The van der Waals surface area contributed by atoms with Gasteiger partial charge in [0.05, 0.1) is 0 Å². The van der Waals surface area contributed by atoms with Crippen LogP contribution in [0.4, 0.5) is 0 Å². The molecule has 198 valence electrons. The molecule has 0 aromatic heterocycles. The van der Waals surface area contributed by atoms with Crippen LogP contribution in [-0.2, 0) is 0 Å². The molecule has 0 saturated heterocycles. The predicted molar refractivity (Wildman–Crippen MR) is 165 cm³/mol. The average Bonchev–Trinajstić information content (AvgIpc) is 2.93. The van der Waals surface area contributed by atoms with E-state index in [1.54, 1.807) is 0 Å². The van der Waals surface area contributed by atoms with Gasteiger partial charge in [0.1, 0.15) is 12.4 Å². The maximum absolute atomic E-state index is 5.98. The highest BCUT2D eigenvalue weighted by molar-refractivity contribution is 9.09. The van der Waals surface area contributed by atoms with Crippen molar-refractivity contribution >= 4 is 27.1 Å². The maximum atomic E-state index is 5.98. The van der Waals surface area contributed by atoms with Gasteiger partial charge < -0.3 is 9.64 Å². The fraction of sp³-hybridized carbons (Fsp3) is 0.412. The van der Waals surface area contributed by atoms with Gasteiger partial charge in [-0.1, -0.05) is 127 Å². The molecule has 2 nitrogen and oxygen atoms in total. The summed E-state index contributed by atoms with van der Waals surface area (Å²) in [4.78, 5) is 2.14. The zero-order chi connectivity index (χ0) is 26.1. The second kappa shape index (κ2) is 17.2. The molecule has 0 aliphatic rings. The van der Waals surface area contributed by atoms with Gasteiger partial charge in [-0.15, -0.1) is 0 Å². The third kappa shape index (κ3) is 10.5. The summed E-state index contributed by atoms with van der Waals surface area (Å²) in [6.45, 7) is 1.60. The molecule has 0 aliphatic carbocycles. The Kier molecular flexibility index (Phi) is 13.6. The van der Waals surface area contributed by atoms with E-state index >= 15 is 0 Å². The number of halogens is 1. The fourth-order valence-electron chi connectivity index (χ4n) is 4.69. The van der Waals surface area contributed by atoms with Crippen LogP contribution in [0.1, 0.15) is 74.5 Å². The van der Waals surface area contributed by atoms with Gasteiger partial charge in [-0.25, -0.2) is 0 Å². The van der Waals surface area contributed by atoms with E-state index in [1.165, 1.54) is 79.2 Å². The van der Waals surface area contributed by atoms with Gasteiger partial charge >= 0.3 is 0 Å². The minimum atomic E-state index is 0.694. The predicted octanol–water partition coefficient (Wildman–Crippen LogP) is 9.49. The maximum Gasteiger partial charge on any atom is 0.119 e. The molecule has 0 unspecified atom stereocenters. The molecule has 0 atom stereocenters. The molecule has 3 heteroatoms. The first-order valence-electron chi connectivity index (χ1n) is 14.0. The Morgan fingerprint density at radius 2 is 1.14 bits per heavy atom. The fourth-order valence-corrected chi connectivity index (χ4v) is 5.09. The van der Waals surface area contributed by atoms with Crippen molar-refractivity contribution in [1.29, 1.82) is 0 Å². The number of likely N-dealkylation sites (N-methyl/N-ethyl adjacent to an activating group) is 1. The number of allylic oxidation sites excluding steroid dienone is 1. The van der Waals surface area contributed by atoms with Crippen LogP contribution in [0.15, 0.2) is 84.9 Å². The highest BCUT2D eigenvalue weighted by atomic mass is 79.9. The zero-order valence-electron chi connectivity index (χ0n) is 22.8. The first-order chi connectivity index (χ1) is 18.2. The molecule has 0 amide bonds. The quantitative estimate of drug-likeness (QED) is 0.0923. The Morgan fingerprint density at radius 3 is 1.70 bits per heavy atom. The number of hydrogen-bond donors (Lipinski definition) is 0. The average molecular weight is 563 g/mol. The lowest BCUT2D eigenvalue weighted by molar-refractivity contribution is 0.261. The van der Waals surface area contributed by atoms with Crippen molar-refractivity contribution in [1.82, 2.24) is 4.90 Å². The number of hydrogen-bond acceptors (Lipinski definition) is 2. The van der Waals surface area contributed by atoms with Crippen LogP contribution >= 0.6 is 15.9 Å². The Bertz CT molecular complexity index is 1030. The second-order valence-electron chi connectivity index (χ2n) is 10.0. The van der Waals surface area contributed by atoms with Gasteiger partial charge in [0.15, 0.2) is 0 Å². The largest absolute Gasteiger partial charge is 0.492 e. The zero-order valence-corrected chi connectivity index (χ0v) is 24.4. The van der Waals surface area contributed by atoms with E-state index in [1.807, 2.05) is 0 Å². The van der Waals surface area contributed by atoms with Crippen molar-refractivity contribution in [3.63, 3.8) is 0 Å². The number of nitrogens with zero attached hydrogens (tertiary/aromatic N) is 1. The Labute approximate surface area is 233 Å². The van der Waals surface area contributed by atoms with E-state index in [2.05, 4.69) is 120 Å². The second-order valence-corrected chi connectivity index (χ2v) is 10.8. The van der Waals surface area contributed by atoms with Gasteiger partial charge in [0.2, 0.25) is 0 Å². The smallest absolute Gasteiger partial charge is 0.119 e. The molecule has 0 spiro atoms. The van der Waals surface area contributed by atoms with Gasteiger partial charge in [0, 0.05) is 11.9 Å². The van der Waals surface area contributed by atoms with Crippen LogP contribution in [-0.4, -0.2) is 37.5 Å². The summed E-state index contributed by atoms with van der Waals surface area (Å²) in [6, 6.07) is 30.5. The third-order valence-corrected chi connectivity index (χ3v) is 7.31. The number of alkyl halides is 1. The van der Waals surface area contributed by atoms with E-state index in [4.69, 9.17) is 4.74 Å². The normalized spacial score (nSPS) is 12.0. The molecule has 3 rings (SSSR count). The Hall–Kier alpha value is -2.36. The molecule has 0 radical (unpaired) electrons. The molecule has 0 heterocycles. The van der Waals surface area contributed by atoms with Gasteiger partial charge in [-0.3, -0.25) is 0 Å². The molecule has 0 saturated carbocycles. The number of rotatable bonds is 17. The molecule has 3 aromatic rings. The standard InChI is InChI=1S/C34H44BrNO/c1-36(2)27-28-37-32-24-22-31(23-25-32)34(30-19-13-10-14-20-30)33(29-17-11-9-12-18-29)21-15-7-5-3-4-6-8-16-26-35/h9-14,17-20,22-25H,3-8,15-16,21,26-28H2,1-2H3/b34-33-. The summed E-state index contributed by atoms with van der Waals surface area (Å²) >= 11 is 3.54. The Balaban J connectivity index is 1.80. The first-order valence-corrected chi connectivity index (χ1v) is 15.1. The minimum Gasteiger partial charge on any atom is -0.492 e. The summed E-state index contributed by atoms with van der Waals surface area (Å²) in [5, 5.41) is 1.14. The third-order valence-electron chi connectivity index (χ3n) is 6.75. The van der Waals surface area contributed by atoms with Crippen LogP contribution in [0.25, 0.3) is 11.1 Å². The molecule has 37 heavy (non-hydrogen) atoms. The van der Waals surface area contributed by atoms with Crippen LogP contribution in [0, 0.1) is 0 Å². The SMILES string of the molecule is CN(C)CCOc1ccc(/C(=C(/CCCCCCCCCCBr)c2ccccc2)c2ccccc2)cc1. The van der Waals surface area contributed by atoms with Crippen LogP contribution in [0.2, 0.25) is 0 Å². The van der Waals surface area contributed by atoms with Crippen molar-refractivity contribution in [2.24, 2.45) is 0 Å². The molecular formula is C34H44BrNO. The van der Waals surface area contributed by atoms with E-state index in [-0.39, 0.29) is 0 Å². The van der Waals surface area contributed by atoms with Crippen molar-refractivity contribution in [3.05, 3.63) is 102 Å². The number of benzene rings is 3. The monoisotopic (exact) mass is 561 g/mol. The lowest BCUT2D eigenvalue weighted by Gasteiger charge is -2.18. The van der Waals surface area contributed by atoms with E-state index in [9.17, 15) is 0 Å². The molecule has 0 N–H and O–H groups in total. The summed E-state index contributed by atoms with van der Waals surface area (Å²) in [5.74, 6) is 0.926. The van der Waals surface area contributed by atoms with E-state index in [0.717, 1.165) is 24.0 Å². The molecule has 0 bridgehead atoms. The highest BCUT2D eigenvalue weighted by Gasteiger charge is 2.14. The Morgan fingerprint density at radius 1 is 0.622 bits per heavy atom. The van der Waals surface area contributed by atoms with E-state index in [0.29, 0.717) is 6.61 Å². The van der Waals surface area contributed by atoms with Gasteiger partial charge in [-0.2, -0.15) is 0 Å². The van der Waals surface area contributed by atoms with Crippen molar-refractivity contribution in [2.45, 2.75) is 57.8 Å². The summed E-state index contributed by atoms with van der Waals surface area (Å²) in [6.07, 6.45) is 11.7. The first kappa shape index (κ1) is 29.2. The van der Waals surface area contributed by atoms with Crippen molar-refractivity contribution in [3.8, 4) is 5.75 Å². The minimum absolute atomic E-state index is 0.694. The number of ether oxygens (including phenoxy) is 1. The molecule has 3 aromatic carbocycles. The van der Waals surface area contributed by atoms with Crippen LogP contribution in [0.3, 0.4) is 0 Å². The van der Waals surface area contributed by atoms with Crippen LogP contribution in [0.5, 0.6) is 5.75 Å². The lowest BCUT2D eigenvalue weighted by atomic mass is 9.86. The topological polar surface area (TPSA) is 12.5 Å². The van der Waals surface area contributed by atoms with Crippen molar-refractivity contribution < 1.29 is 4.74 Å². The molecule has 0 fully saturated rings. The summed E-state index contributed by atoms with van der Waals surface area (Å²) < 4.78 is 5.98. The number of unbranched alkanes of at least 4 members (excludes halogenated alkanes) is 7. The van der Waals surface area contributed by atoms with Gasteiger partial charge in [-0.05, 0) is 73.3 Å². The molecular weight excluding hydrogens is 518 g/mol. The summed E-state index contributed by atoms with van der Waals surface area (Å²) in [7, 11) is 4.14. The highest BCUT2D eigenvalue weighted by Crippen LogP contribution is 2.36. The van der Waals surface area contributed by atoms with E-state index < -0.39 is 0 Å². The molecule has 0 aliphatic heterocycles.